The topological polar surface area (TPSA) is 12.4 Å². The maximum absolute atomic E-state index is 3.92. The lowest BCUT2D eigenvalue weighted by Crippen LogP contribution is -1.80. The molecule has 1 aliphatic rings. The van der Waals surface area contributed by atoms with E-state index in [2.05, 4.69) is 49.0 Å². The van der Waals surface area contributed by atoms with Crippen molar-refractivity contribution in [3.8, 4) is 0 Å². The monoisotopic (exact) mass is 173 g/mol. The van der Waals surface area contributed by atoms with Crippen molar-refractivity contribution >= 4 is 6.72 Å². The molecule has 0 aromatic rings. The molecule has 0 fully saturated rings. The van der Waals surface area contributed by atoms with Gasteiger partial charge in [-0.15, -0.1) is 0 Å². The molecule has 0 bridgehead atoms. The van der Waals surface area contributed by atoms with Crippen LogP contribution in [0.2, 0.25) is 0 Å². The minimum atomic E-state index is 0.937. The Hall–Kier alpha value is -1.37. The molecule has 0 saturated carbocycles. The van der Waals surface area contributed by atoms with Gasteiger partial charge in [0.15, 0.2) is 0 Å². The van der Waals surface area contributed by atoms with Gasteiger partial charge in [0.1, 0.15) is 0 Å². The van der Waals surface area contributed by atoms with E-state index in [9.17, 15) is 0 Å². The van der Waals surface area contributed by atoms with Crippen LogP contribution in [0.15, 0.2) is 52.7 Å². The fraction of sp³-hybridized carbons (Fsp3) is 0.250. The van der Waals surface area contributed by atoms with Crippen LogP contribution in [0.25, 0.3) is 0 Å². The molecule has 0 heterocycles. The van der Waals surface area contributed by atoms with Crippen molar-refractivity contribution in [3.63, 3.8) is 0 Å². The van der Waals surface area contributed by atoms with Crippen LogP contribution < -0.4 is 0 Å². The van der Waals surface area contributed by atoms with E-state index in [1.165, 1.54) is 5.57 Å². The van der Waals surface area contributed by atoms with Crippen LogP contribution in [-0.2, 0) is 0 Å². The van der Waals surface area contributed by atoms with E-state index in [4.69, 9.17) is 0 Å². The van der Waals surface area contributed by atoms with Gasteiger partial charge in [0, 0.05) is 5.70 Å². The van der Waals surface area contributed by atoms with Gasteiger partial charge in [-0.05, 0) is 31.2 Å². The van der Waals surface area contributed by atoms with Gasteiger partial charge in [-0.2, -0.15) is 0 Å². The molecule has 0 spiro atoms. The predicted octanol–water partition coefficient (Wildman–Crippen LogP) is 3.42. The summed E-state index contributed by atoms with van der Waals surface area (Å²) in [5, 5.41) is 0. The summed E-state index contributed by atoms with van der Waals surface area (Å²) in [5.41, 5.74) is 2.35. The molecule has 0 unspecified atom stereocenters. The maximum atomic E-state index is 3.92. The summed E-state index contributed by atoms with van der Waals surface area (Å²) in [5.74, 6) is 0. The highest BCUT2D eigenvalue weighted by molar-refractivity contribution is 5.35. The van der Waals surface area contributed by atoms with Gasteiger partial charge in [-0.1, -0.05) is 37.3 Å². The van der Waals surface area contributed by atoms with Crippen molar-refractivity contribution in [1.82, 2.24) is 0 Å². The van der Waals surface area contributed by atoms with Crippen molar-refractivity contribution in [1.29, 1.82) is 0 Å². The number of allylic oxidation sites excluding steroid dienone is 8. The highest BCUT2D eigenvalue weighted by Crippen LogP contribution is 2.11. The fourth-order valence-corrected chi connectivity index (χ4v) is 1.14. The summed E-state index contributed by atoms with van der Waals surface area (Å²) in [7, 11) is 0. The third-order valence-corrected chi connectivity index (χ3v) is 1.97. The summed E-state index contributed by atoms with van der Waals surface area (Å²) in [6.07, 6.45) is 14.5. The zero-order valence-electron chi connectivity index (χ0n) is 8.03. The van der Waals surface area contributed by atoms with Crippen LogP contribution in [-0.4, -0.2) is 6.72 Å². The molecule has 0 radical (unpaired) electrons. The smallest absolute Gasteiger partial charge is 0.0393 e. The lowest BCUT2D eigenvalue weighted by molar-refractivity contribution is 1.07. The average molecular weight is 173 g/mol. The maximum Gasteiger partial charge on any atom is 0.0393 e. The molecule has 1 nitrogen and oxygen atoms in total. The van der Waals surface area contributed by atoms with E-state index in [1.807, 2.05) is 6.08 Å². The van der Waals surface area contributed by atoms with E-state index >= 15 is 0 Å². The summed E-state index contributed by atoms with van der Waals surface area (Å²) >= 11 is 0. The molecule has 0 aromatic heterocycles. The van der Waals surface area contributed by atoms with Gasteiger partial charge in [0.05, 0.1) is 0 Å². The molecule has 0 N–H and O–H groups in total. The number of hydrogen-bond donors (Lipinski definition) is 0. The summed E-state index contributed by atoms with van der Waals surface area (Å²) in [4.78, 5) is 3.92. The molecule has 1 aliphatic carbocycles. The molecule has 13 heavy (non-hydrogen) atoms. The highest BCUT2D eigenvalue weighted by atomic mass is 14.7. The molecule has 0 amide bonds. The molecule has 0 atom stereocenters. The zero-order chi connectivity index (χ0) is 9.52. The van der Waals surface area contributed by atoms with Crippen molar-refractivity contribution in [3.05, 3.63) is 47.7 Å². The van der Waals surface area contributed by atoms with Gasteiger partial charge in [-0.25, -0.2) is 0 Å². The van der Waals surface area contributed by atoms with Gasteiger partial charge < -0.3 is 0 Å². The Bertz CT molecular complexity index is 290. The summed E-state index contributed by atoms with van der Waals surface area (Å²) in [6.45, 7) is 5.60. The molecule has 0 aliphatic heterocycles. The normalized spacial score (nSPS) is 19.5. The molecule has 68 valence electrons. The largest absolute Gasteiger partial charge is 0.269 e. The van der Waals surface area contributed by atoms with E-state index in [0.717, 1.165) is 18.5 Å². The van der Waals surface area contributed by atoms with Crippen LogP contribution in [0, 0.1) is 0 Å². The Morgan fingerprint density at radius 2 is 2.46 bits per heavy atom. The van der Waals surface area contributed by atoms with Gasteiger partial charge in [0.25, 0.3) is 0 Å². The van der Waals surface area contributed by atoms with Crippen molar-refractivity contribution in [2.75, 3.05) is 0 Å². The Labute approximate surface area is 79.9 Å². The Morgan fingerprint density at radius 3 is 3.00 bits per heavy atom. The van der Waals surface area contributed by atoms with Gasteiger partial charge >= 0.3 is 0 Å². The minimum absolute atomic E-state index is 0.937. The first-order chi connectivity index (χ1) is 6.36. The lowest BCUT2D eigenvalue weighted by Gasteiger charge is -1.99. The Kier molecular flexibility index (Phi) is 3.97. The standard InChI is InChI=1S/C12H15N/c1-3-12(13-2)10-9-11-7-5-4-6-8-11/h4-7,9-10H,2-3,8H2,1H3/b11-9-,12-10-. The molecule has 1 heteroatoms. The zero-order valence-corrected chi connectivity index (χ0v) is 8.03. The number of hydrogen-bond acceptors (Lipinski definition) is 1. The fourth-order valence-electron chi connectivity index (χ4n) is 1.14. The average Bonchev–Trinajstić information content (AvgIpc) is 2.21. The molecular weight excluding hydrogens is 158 g/mol. The summed E-state index contributed by atoms with van der Waals surface area (Å²) in [6, 6.07) is 0. The van der Waals surface area contributed by atoms with Crippen LogP contribution >= 0.6 is 0 Å². The SMILES string of the molecule is C=N/C(=C\C=C1\C=CC=CC1)CC. The Morgan fingerprint density at radius 1 is 1.62 bits per heavy atom. The Balaban J connectivity index is 2.65. The van der Waals surface area contributed by atoms with E-state index in [1.54, 1.807) is 0 Å². The first kappa shape index (κ1) is 9.72. The van der Waals surface area contributed by atoms with Crippen LogP contribution in [0.5, 0.6) is 0 Å². The highest BCUT2D eigenvalue weighted by Gasteiger charge is 1.91. The lowest BCUT2D eigenvalue weighted by atomic mass is 10.1. The van der Waals surface area contributed by atoms with Crippen LogP contribution in [0.3, 0.4) is 0 Å². The van der Waals surface area contributed by atoms with E-state index < -0.39 is 0 Å². The van der Waals surface area contributed by atoms with Crippen LogP contribution in [0.4, 0.5) is 0 Å². The van der Waals surface area contributed by atoms with Gasteiger partial charge in [0.2, 0.25) is 0 Å². The second-order valence-electron chi connectivity index (χ2n) is 2.90. The van der Waals surface area contributed by atoms with Crippen LogP contribution in [0.1, 0.15) is 19.8 Å². The summed E-state index contributed by atoms with van der Waals surface area (Å²) < 4.78 is 0. The van der Waals surface area contributed by atoms with Crippen molar-refractivity contribution in [2.45, 2.75) is 19.8 Å². The first-order valence-electron chi connectivity index (χ1n) is 4.56. The molecule has 1 rings (SSSR count). The predicted molar refractivity (Wildman–Crippen MR) is 58.9 cm³/mol. The van der Waals surface area contributed by atoms with E-state index in [0.29, 0.717) is 0 Å². The van der Waals surface area contributed by atoms with E-state index in [-0.39, 0.29) is 0 Å². The number of rotatable bonds is 3. The van der Waals surface area contributed by atoms with Gasteiger partial charge in [-0.3, -0.25) is 4.99 Å². The van der Waals surface area contributed by atoms with Crippen molar-refractivity contribution in [2.24, 2.45) is 4.99 Å². The second-order valence-corrected chi connectivity index (χ2v) is 2.90. The number of aliphatic imine (C=N–C) groups is 1. The molecule has 0 aromatic carbocycles. The number of nitrogens with zero attached hydrogens (tertiary/aromatic N) is 1. The van der Waals surface area contributed by atoms with Crippen molar-refractivity contribution < 1.29 is 0 Å². The minimum Gasteiger partial charge on any atom is -0.269 e. The molecular formula is C12H15N. The third kappa shape index (κ3) is 3.24. The second kappa shape index (κ2) is 5.31. The first-order valence-corrected chi connectivity index (χ1v) is 4.56. The third-order valence-electron chi connectivity index (χ3n) is 1.97. The molecule has 0 saturated heterocycles. The quantitative estimate of drug-likeness (QED) is 0.580.